The number of amides is 1. The third-order valence-electron chi connectivity index (χ3n) is 1.79. The number of benzene rings is 1. The van der Waals surface area contributed by atoms with Crippen LogP contribution in [-0.2, 0) is 4.79 Å². The number of carbonyl (C=O) groups is 1. The van der Waals surface area contributed by atoms with E-state index < -0.39 is 0 Å². The summed E-state index contributed by atoms with van der Waals surface area (Å²) in [7, 11) is 1.52. The van der Waals surface area contributed by atoms with Gasteiger partial charge in [-0.05, 0) is 18.6 Å². The fourth-order valence-corrected chi connectivity index (χ4v) is 0.884. The Morgan fingerprint density at radius 2 is 2.29 bits per heavy atom. The number of likely N-dealkylation sites (N-methyl/N-ethyl adjacent to an activating group) is 1. The molecule has 0 saturated heterocycles. The SMILES string of the molecule is CNC(=O)COc1ccc(C)c(F)c1. The molecule has 0 heterocycles. The molecule has 0 saturated carbocycles. The molecule has 3 nitrogen and oxygen atoms in total. The topological polar surface area (TPSA) is 38.3 Å². The average molecular weight is 197 g/mol. The summed E-state index contributed by atoms with van der Waals surface area (Å²) in [6, 6.07) is 4.49. The molecule has 1 rings (SSSR count). The lowest BCUT2D eigenvalue weighted by molar-refractivity contribution is -0.122. The Morgan fingerprint density at radius 1 is 1.57 bits per heavy atom. The lowest BCUT2D eigenvalue weighted by Gasteiger charge is -2.05. The fraction of sp³-hybridized carbons (Fsp3) is 0.300. The van der Waals surface area contributed by atoms with Gasteiger partial charge in [0.2, 0.25) is 0 Å². The van der Waals surface area contributed by atoms with Gasteiger partial charge in [0.05, 0.1) is 0 Å². The molecule has 0 aliphatic carbocycles. The van der Waals surface area contributed by atoms with Gasteiger partial charge in [-0.2, -0.15) is 0 Å². The van der Waals surface area contributed by atoms with Crippen LogP contribution in [0.2, 0.25) is 0 Å². The molecule has 0 aromatic heterocycles. The van der Waals surface area contributed by atoms with E-state index in [0.717, 1.165) is 0 Å². The standard InChI is InChI=1S/C10H12FNO2/c1-7-3-4-8(5-9(7)11)14-6-10(13)12-2/h3-5H,6H2,1-2H3,(H,12,13). The highest BCUT2D eigenvalue weighted by Crippen LogP contribution is 2.15. The Hall–Kier alpha value is -1.58. The third-order valence-corrected chi connectivity index (χ3v) is 1.79. The second-order valence-corrected chi connectivity index (χ2v) is 2.87. The summed E-state index contributed by atoms with van der Waals surface area (Å²) < 4.78 is 18.0. The molecular formula is C10H12FNO2. The van der Waals surface area contributed by atoms with Crippen molar-refractivity contribution < 1.29 is 13.9 Å². The Morgan fingerprint density at radius 3 is 2.86 bits per heavy atom. The van der Waals surface area contributed by atoms with Gasteiger partial charge < -0.3 is 10.1 Å². The van der Waals surface area contributed by atoms with E-state index in [1.165, 1.54) is 13.1 Å². The van der Waals surface area contributed by atoms with Crippen molar-refractivity contribution in [3.8, 4) is 5.75 Å². The van der Waals surface area contributed by atoms with E-state index in [9.17, 15) is 9.18 Å². The minimum Gasteiger partial charge on any atom is -0.484 e. The van der Waals surface area contributed by atoms with Gasteiger partial charge in [0.15, 0.2) is 6.61 Å². The normalized spacial score (nSPS) is 9.64. The van der Waals surface area contributed by atoms with Crippen LogP contribution in [0.5, 0.6) is 5.75 Å². The van der Waals surface area contributed by atoms with Gasteiger partial charge in [-0.25, -0.2) is 4.39 Å². The molecule has 0 atom stereocenters. The van der Waals surface area contributed by atoms with Gasteiger partial charge in [0, 0.05) is 13.1 Å². The molecular weight excluding hydrogens is 185 g/mol. The van der Waals surface area contributed by atoms with Gasteiger partial charge in [-0.15, -0.1) is 0 Å². The van der Waals surface area contributed by atoms with Crippen molar-refractivity contribution in [2.24, 2.45) is 0 Å². The monoisotopic (exact) mass is 197 g/mol. The number of carbonyl (C=O) groups excluding carboxylic acids is 1. The summed E-state index contributed by atoms with van der Waals surface area (Å²) in [6.45, 7) is 1.57. The fourth-order valence-electron chi connectivity index (χ4n) is 0.884. The molecule has 0 radical (unpaired) electrons. The molecule has 0 fully saturated rings. The van der Waals surface area contributed by atoms with Crippen molar-refractivity contribution in [2.45, 2.75) is 6.92 Å². The van der Waals surface area contributed by atoms with Crippen LogP contribution in [0.4, 0.5) is 4.39 Å². The van der Waals surface area contributed by atoms with Crippen molar-refractivity contribution in [3.63, 3.8) is 0 Å². The number of nitrogens with one attached hydrogen (secondary N) is 1. The predicted octanol–water partition coefficient (Wildman–Crippen LogP) is 1.26. The number of halogens is 1. The Kier molecular flexibility index (Phi) is 3.45. The van der Waals surface area contributed by atoms with Crippen LogP contribution in [0.3, 0.4) is 0 Å². The average Bonchev–Trinajstić information content (AvgIpc) is 2.19. The highest BCUT2D eigenvalue weighted by Gasteiger charge is 2.02. The van der Waals surface area contributed by atoms with Crippen LogP contribution in [0, 0.1) is 12.7 Å². The summed E-state index contributed by atoms with van der Waals surface area (Å²) in [5.41, 5.74) is 0.553. The molecule has 1 N–H and O–H groups in total. The molecule has 4 heteroatoms. The van der Waals surface area contributed by atoms with Crippen molar-refractivity contribution >= 4 is 5.91 Å². The van der Waals surface area contributed by atoms with E-state index in [-0.39, 0.29) is 18.3 Å². The number of ether oxygens (including phenoxy) is 1. The lowest BCUT2D eigenvalue weighted by Crippen LogP contribution is -2.24. The van der Waals surface area contributed by atoms with Crippen molar-refractivity contribution in [1.29, 1.82) is 0 Å². The molecule has 14 heavy (non-hydrogen) atoms. The van der Waals surface area contributed by atoms with E-state index >= 15 is 0 Å². The Bertz CT molecular complexity index is 339. The van der Waals surface area contributed by atoms with Gasteiger partial charge in [0.1, 0.15) is 11.6 Å². The van der Waals surface area contributed by atoms with Crippen LogP contribution in [0.1, 0.15) is 5.56 Å². The first kappa shape index (κ1) is 10.5. The Balaban J connectivity index is 2.60. The van der Waals surface area contributed by atoms with Crippen molar-refractivity contribution in [3.05, 3.63) is 29.6 Å². The maximum Gasteiger partial charge on any atom is 0.257 e. The van der Waals surface area contributed by atoms with Gasteiger partial charge in [-0.1, -0.05) is 6.07 Å². The largest absolute Gasteiger partial charge is 0.484 e. The first-order valence-electron chi connectivity index (χ1n) is 4.23. The van der Waals surface area contributed by atoms with Crippen LogP contribution in [0.15, 0.2) is 18.2 Å². The minimum atomic E-state index is -0.334. The van der Waals surface area contributed by atoms with Crippen LogP contribution >= 0.6 is 0 Å². The predicted molar refractivity (Wildman–Crippen MR) is 50.7 cm³/mol. The molecule has 0 aliphatic heterocycles. The van der Waals surface area contributed by atoms with E-state index in [1.807, 2.05) is 0 Å². The molecule has 1 amide bonds. The summed E-state index contributed by atoms with van der Waals surface area (Å²) in [6.07, 6.45) is 0. The zero-order valence-electron chi connectivity index (χ0n) is 8.13. The smallest absolute Gasteiger partial charge is 0.257 e. The first-order chi connectivity index (χ1) is 6.63. The molecule has 1 aromatic carbocycles. The zero-order valence-corrected chi connectivity index (χ0v) is 8.13. The molecule has 0 bridgehead atoms. The molecule has 0 spiro atoms. The van der Waals surface area contributed by atoms with E-state index in [2.05, 4.69) is 5.32 Å². The number of hydrogen-bond acceptors (Lipinski definition) is 2. The van der Waals surface area contributed by atoms with Crippen molar-refractivity contribution in [2.75, 3.05) is 13.7 Å². The van der Waals surface area contributed by atoms with Crippen LogP contribution < -0.4 is 10.1 Å². The minimum absolute atomic E-state index is 0.0982. The third kappa shape index (κ3) is 2.73. The number of rotatable bonds is 3. The summed E-state index contributed by atoms with van der Waals surface area (Å²) >= 11 is 0. The summed E-state index contributed by atoms with van der Waals surface area (Å²) in [5, 5.41) is 2.40. The molecule has 0 unspecified atom stereocenters. The van der Waals surface area contributed by atoms with Gasteiger partial charge >= 0.3 is 0 Å². The van der Waals surface area contributed by atoms with E-state index in [4.69, 9.17) is 4.74 Å². The maximum absolute atomic E-state index is 13.0. The molecule has 76 valence electrons. The number of aryl methyl sites for hydroxylation is 1. The maximum atomic E-state index is 13.0. The second-order valence-electron chi connectivity index (χ2n) is 2.87. The molecule has 1 aromatic rings. The van der Waals surface area contributed by atoms with E-state index in [1.54, 1.807) is 19.1 Å². The van der Waals surface area contributed by atoms with Crippen LogP contribution in [0.25, 0.3) is 0 Å². The summed E-state index contributed by atoms with van der Waals surface area (Å²) in [5.74, 6) is -0.220. The van der Waals surface area contributed by atoms with E-state index in [0.29, 0.717) is 11.3 Å². The quantitative estimate of drug-likeness (QED) is 0.792. The van der Waals surface area contributed by atoms with Gasteiger partial charge in [0.25, 0.3) is 5.91 Å². The number of hydrogen-bond donors (Lipinski definition) is 1. The van der Waals surface area contributed by atoms with Gasteiger partial charge in [-0.3, -0.25) is 4.79 Å². The highest BCUT2D eigenvalue weighted by atomic mass is 19.1. The summed E-state index contributed by atoms with van der Waals surface area (Å²) in [4.78, 5) is 10.8. The van der Waals surface area contributed by atoms with Crippen molar-refractivity contribution in [1.82, 2.24) is 5.32 Å². The highest BCUT2D eigenvalue weighted by molar-refractivity contribution is 5.77. The Labute approximate surface area is 81.9 Å². The zero-order chi connectivity index (χ0) is 10.6. The second kappa shape index (κ2) is 4.60. The van der Waals surface area contributed by atoms with Crippen LogP contribution in [-0.4, -0.2) is 19.6 Å². The lowest BCUT2D eigenvalue weighted by atomic mass is 10.2. The first-order valence-corrected chi connectivity index (χ1v) is 4.23. The molecule has 0 aliphatic rings.